The lowest BCUT2D eigenvalue weighted by Gasteiger charge is -2.11. The highest BCUT2D eigenvalue weighted by Gasteiger charge is 2.11. The summed E-state index contributed by atoms with van der Waals surface area (Å²) in [6.07, 6.45) is 0. The maximum atomic E-state index is 13.2. The topological polar surface area (TPSA) is 74.3 Å². The highest BCUT2D eigenvalue weighted by Crippen LogP contribution is 2.19. The summed E-state index contributed by atoms with van der Waals surface area (Å²) in [5, 5.41) is 12.3. The van der Waals surface area contributed by atoms with Gasteiger partial charge in [-0.1, -0.05) is 18.2 Å². The molecule has 0 spiro atoms. The van der Waals surface area contributed by atoms with E-state index < -0.39 is 0 Å². The number of halogens is 1. The van der Waals surface area contributed by atoms with E-state index in [-0.39, 0.29) is 31.5 Å². The fraction of sp³-hybridized carbons (Fsp3) is 0.167. The first-order valence-corrected chi connectivity index (χ1v) is 7.55. The average Bonchev–Trinajstić information content (AvgIpc) is 3.01. The quantitative estimate of drug-likeness (QED) is 0.651. The number of ether oxygens (including phenoxy) is 1. The predicted octanol–water partition coefficient (Wildman–Crippen LogP) is 2.61. The standard InChI is InChI=1S/C18H17FN2O3/c19-14-5-6-15-13(9-14)10-16(21-15)18(23)20-11-12-3-1-2-4-17(12)24-8-7-22/h1-6,9-10,21-22H,7-8,11H2,(H,20,23). The Morgan fingerprint density at radius 2 is 2.04 bits per heavy atom. The maximum absolute atomic E-state index is 13.2. The molecule has 0 saturated carbocycles. The second kappa shape index (κ2) is 7.14. The molecule has 0 aliphatic heterocycles. The summed E-state index contributed by atoms with van der Waals surface area (Å²) in [4.78, 5) is 15.2. The van der Waals surface area contributed by atoms with Crippen molar-refractivity contribution in [3.63, 3.8) is 0 Å². The number of hydrogen-bond donors (Lipinski definition) is 3. The second-order valence-electron chi connectivity index (χ2n) is 5.28. The monoisotopic (exact) mass is 328 g/mol. The van der Waals surface area contributed by atoms with Crippen molar-refractivity contribution in [1.82, 2.24) is 10.3 Å². The number of hydrogen-bond acceptors (Lipinski definition) is 3. The third kappa shape index (κ3) is 3.55. The Balaban J connectivity index is 1.70. The Kier molecular flexibility index (Phi) is 4.77. The van der Waals surface area contributed by atoms with Crippen LogP contribution in [0.3, 0.4) is 0 Å². The van der Waals surface area contributed by atoms with E-state index in [4.69, 9.17) is 9.84 Å². The van der Waals surface area contributed by atoms with Crippen molar-refractivity contribution in [2.24, 2.45) is 0 Å². The summed E-state index contributed by atoms with van der Waals surface area (Å²) in [6.45, 7) is 0.398. The molecule has 0 aliphatic rings. The fourth-order valence-electron chi connectivity index (χ4n) is 2.44. The molecule has 1 heterocycles. The normalized spacial score (nSPS) is 10.8. The summed E-state index contributed by atoms with van der Waals surface area (Å²) in [5.41, 5.74) is 1.87. The first kappa shape index (κ1) is 16.0. The largest absolute Gasteiger partial charge is 0.491 e. The molecule has 0 fully saturated rings. The number of benzene rings is 2. The van der Waals surface area contributed by atoms with Gasteiger partial charge in [-0.15, -0.1) is 0 Å². The molecule has 3 aromatic rings. The number of amides is 1. The molecule has 0 atom stereocenters. The molecular weight excluding hydrogens is 311 g/mol. The van der Waals surface area contributed by atoms with Crippen LogP contribution in [0.4, 0.5) is 4.39 Å². The van der Waals surface area contributed by atoms with Crippen LogP contribution < -0.4 is 10.1 Å². The number of nitrogens with one attached hydrogen (secondary N) is 2. The minimum absolute atomic E-state index is 0.0771. The van der Waals surface area contributed by atoms with E-state index in [1.807, 2.05) is 18.2 Å². The Morgan fingerprint density at radius 3 is 2.88 bits per heavy atom. The summed E-state index contributed by atoms with van der Waals surface area (Å²) < 4.78 is 18.7. The van der Waals surface area contributed by atoms with E-state index in [9.17, 15) is 9.18 Å². The molecule has 6 heteroatoms. The van der Waals surface area contributed by atoms with Crippen LogP contribution >= 0.6 is 0 Å². The third-order valence-corrected chi connectivity index (χ3v) is 3.59. The van der Waals surface area contributed by atoms with Crippen LogP contribution in [0.5, 0.6) is 5.75 Å². The number of fused-ring (bicyclic) bond motifs is 1. The van der Waals surface area contributed by atoms with Gasteiger partial charge in [-0.3, -0.25) is 4.79 Å². The minimum atomic E-state index is -0.344. The SMILES string of the molecule is O=C(NCc1ccccc1OCCO)c1cc2cc(F)ccc2[nH]1. The van der Waals surface area contributed by atoms with Crippen molar-refractivity contribution in [2.45, 2.75) is 6.54 Å². The van der Waals surface area contributed by atoms with E-state index in [1.165, 1.54) is 12.1 Å². The maximum Gasteiger partial charge on any atom is 0.267 e. The molecule has 0 aliphatic carbocycles. The van der Waals surface area contributed by atoms with Gasteiger partial charge in [-0.05, 0) is 30.3 Å². The van der Waals surface area contributed by atoms with E-state index in [2.05, 4.69) is 10.3 Å². The highest BCUT2D eigenvalue weighted by molar-refractivity contribution is 5.98. The number of para-hydroxylation sites is 1. The Morgan fingerprint density at radius 1 is 1.21 bits per heavy atom. The van der Waals surface area contributed by atoms with Crippen LogP contribution in [-0.2, 0) is 6.54 Å². The van der Waals surface area contributed by atoms with Crippen molar-refractivity contribution >= 4 is 16.8 Å². The third-order valence-electron chi connectivity index (χ3n) is 3.59. The smallest absolute Gasteiger partial charge is 0.267 e. The zero-order valence-electron chi connectivity index (χ0n) is 12.9. The second-order valence-corrected chi connectivity index (χ2v) is 5.28. The number of aromatic amines is 1. The van der Waals surface area contributed by atoms with E-state index in [1.54, 1.807) is 18.2 Å². The van der Waals surface area contributed by atoms with Crippen LogP contribution in [0.15, 0.2) is 48.5 Å². The number of aromatic nitrogens is 1. The summed E-state index contributed by atoms with van der Waals surface area (Å²) >= 11 is 0. The molecular formula is C18H17FN2O3. The fourth-order valence-corrected chi connectivity index (χ4v) is 2.44. The molecule has 124 valence electrons. The first-order valence-electron chi connectivity index (χ1n) is 7.55. The molecule has 24 heavy (non-hydrogen) atoms. The number of aliphatic hydroxyl groups is 1. The van der Waals surface area contributed by atoms with Crippen LogP contribution in [0.2, 0.25) is 0 Å². The summed E-state index contributed by atoms with van der Waals surface area (Å²) in [5.74, 6) is -0.0162. The van der Waals surface area contributed by atoms with Gasteiger partial charge in [-0.25, -0.2) is 4.39 Å². The van der Waals surface area contributed by atoms with Crippen LogP contribution in [-0.4, -0.2) is 29.2 Å². The zero-order valence-corrected chi connectivity index (χ0v) is 12.9. The van der Waals surface area contributed by atoms with Crippen molar-refractivity contribution in [1.29, 1.82) is 0 Å². The number of aliphatic hydroxyl groups excluding tert-OH is 1. The van der Waals surface area contributed by atoms with Crippen molar-refractivity contribution < 1.29 is 19.0 Å². The molecule has 2 aromatic carbocycles. The number of carbonyl (C=O) groups excluding carboxylic acids is 1. The van der Waals surface area contributed by atoms with Crippen molar-refractivity contribution in [2.75, 3.05) is 13.2 Å². The molecule has 0 saturated heterocycles. The lowest BCUT2D eigenvalue weighted by Crippen LogP contribution is -2.23. The van der Waals surface area contributed by atoms with Gasteiger partial charge in [0.05, 0.1) is 6.61 Å². The Hall–Kier alpha value is -2.86. The van der Waals surface area contributed by atoms with Gasteiger partial charge < -0.3 is 20.1 Å². The average molecular weight is 328 g/mol. The van der Waals surface area contributed by atoms with Gasteiger partial charge in [-0.2, -0.15) is 0 Å². The first-order chi connectivity index (χ1) is 11.7. The van der Waals surface area contributed by atoms with Gasteiger partial charge in [0.2, 0.25) is 0 Å². The number of carbonyl (C=O) groups is 1. The molecule has 3 rings (SSSR count). The van der Waals surface area contributed by atoms with Gasteiger partial charge >= 0.3 is 0 Å². The minimum Gasteiger partial charge on any atom is -0.491 e. The van der Waals surface area contributed by atoms with E-state index in [0.717, 1.165) is 5.56 Å². The van der Waals surface area contributed by atoms with Crippen molar-refractivity contribution in [3.05, 3.63) is 65.6 Å². The van der Waals surface area contributed by atoms with Gasteiger partial charge in [0.15, 0.2) is 0 Å². The van der Waals surface area contributed by atoms with Gasteiger partial charge in [0, 0.05) is 23.0 Å². The molecule has 3 N–H and O–H groups in total. The van der Waals surface area contributed by atoms with Gasteiger partial charge in [0.1, 0.15) is 23.9 Å². The molecule has 0 bridgehead atoms. The Bertz CT molecular complexity index is 860. The summed E-state index contributed by atoms with van der Waals surface area (Å²) in [6, 6.07) is 13.2. The predicted molar refractivity (Wildman–Crippen MR) is 88.4 cm³/mol. The van der Waals surface area contributed by atoms with Crippen LogP contribution in [0, 0.1) is 5.82 Å². The van der Waals surface area contributed by atoms with Crippen LogP contribution in [0.1, 0.15) is 16.1 Å². The molecule has 1 aromatic heterocycles. The van der Waals surface area contributed by atoms with Crippen molar-refractivity contribution in [3.8, 4) is 5.75 Å². The molecule has 5 nitrogen and oxygen atoms in total. The zero-order chi connectivity index (χ0) is 16.9. The van der Waals surface area contributed by atoms with E-state index in [0.29, 0.717) is 22.3 Å². The molecule has 1 amide bonds. The number of rotatable bonds is 6. The van der Waals surface area contributed by atoms with Gasteiger partial charge in [0.25, 0.3) is 5.91 Å². The Labute approximate surface area is 138 Å². The summed E-state index contributed by atoms with van der Waals surface area (Å²) in [7, 11) is 0. The number of H-pyrrole nitrogens is 1. The molecule has 0 radical (unpaired) electrons. The lowest BCUT2D eigenvalue weighted by molar-refractivity contribution is 0.0946. The molecule has 0 unspecified atom stereocenters. The van der Waals surface area contributed by atoms with E-state index >= 15 is 0 Å². The van der Waals surface area contributed by atoms with Crippen LogP contribution in [0.25, 0.3) is 10.9 Å². The highest BCUT2D eigenvalue weighted by atomic mass is 19.1. The lowest BCUT2D eigenvalue weighted by atomic mass is 10.2.